The van der Waals surface area contributed by atoms with Gasteiger partial charge in [0.1, 0.15) is 0 Å². The molecule has 0 aliphatic rings. The van der Waals surface area contributed by atoms with E-state index in [1.165, 1.54) is 0 Å². The van der Waals surface area contributed by atoms with Gasteiger partial charge >= 0.3 is 0 Å². The maximum atomic E-state index is 6.10. The van der Waals surface area contributed by atoms with Crippen molar-refractivity contribution >= 4 is 7.85 Å². The summed E-state index contributed by atoms with van der Waals surface area (Å²) in [6.07, 6.45) is 2.20. The molecule has 0 aromatic heterocycles. The summed E-state index contributed by atoms with van der Waals surface area (Å²) < 4.78 is 0. The highest BCUT2D eigenvalue weighted by Gasteiger charge is 2.32. The molecule has 0 amide bonds. The van der Waals surface area contributed by atoms with E-state index in [1.54, 1.807) is 0 Å². The van der Waals surface area contributed by atoms with Crippen molar-refractivity contribution in [3.8, 4) is 0 Å². The molecule has 0 bridgehead atoms. The van der Waals surface area contributed by atoms with E-state index in [9.17, 15) is 0 Å². The van der Waals surface area contributed by atoms with Crippen LogP contribution in [0.25, 0.3) is 0 Å². The molecule has 0 spiro atoms. The minimum atomic E-state index is -0.0122. The predicted molar refractivity (Wildman–Crippen MR) is 48.5 cm³/mol. The van der Waals surface area contributed by atoms with Gasteiger partial charge < -0.3 is 0 Å². The van der Waals surface area contributed by atoms with Crippen LogP contribution in [0.4, 0.5) is 0 Å². The fourth-order valence-electron chi connectivity index (χ4n) is 0.882. The Kier molecular flexibility index (Phi) is 3.00. The van der Waals surface area contributed by atoms with Crippen LogP contribution in [-0.2, 0) is 0 Å². The molecule has 0 N–H and O–H groups in total. The molecule has 0 aromatic rings. The van der Waals surface area contributed by atoms with Crippen molar-refractivity contribution in [2.24, 2.45) is 5.41 Å². The largest absolute Gasteiger partial charge is 0.0749 e. The van der Waals surface area contributed by atoms with E-state index in [4.69, 9.17) is 7.85 Å². The predicted octanol–water partition coefficient (Wildman–Crippen LogP) is 3.18. The first-order valence-corrected chi connectivity index (χ1v) is 4.16. The van der Waals surface area contributed by atoms with Crippen molar-refractivity contribution in [1.29, 1.82) is 0 Å². The van der Waals surface area contributed by atoms with Crippen molar-refractivity contribution < 1.29 is 0 Å². The molecule has 0 rings (SSSR count). The molecule has 0 aliphatic heterocycles. The lowest BCUT2D eigenvalue weighted by Crippen LogP contribution is -2.27. The van der Waals surface area contributed by atoms with E-state index in [0.717, 1.165) is 12.8 Å². The molecule has 0 saturated heterocycles. The highest BCUT2D eigenvalue weighted by Crippen LogP contribution is 2.47. The smallest absolute Gasteiger partial charge is 0.0671 e. The quantitative estimate of drug-likeness (QED) is 0.525. The Balaban J connectivity index is 4.28. The lowest BCUT2D eigenvalue weighted by molar-refractivity contribution is 0.234. The summed E-state index contributed by atoms with van der Waals surface area (Å²) in [6.45, 7) is 10.9. The third-order valence-electron chi connectivity index (χ3n) is 3.16. The Morgan fingerprint density at radius 3 is 1.50 bits per heavy atom. The second-order valence-electron chi connectivity index (χ2n) is 4.01. The Hall–Kier alpha value is 0.0649. The van der Waals surface area contributed by atoms with Crippen molar-refractivity contribution in [2.45, 2.75) is 52.8 Å². The van der Waals surface area contributed by atoms with Crippen molar-refractivity contribution in [1.82, 2.24) is 0 Å². The van der Waals surface area contributed by atoms with Gasteiger partial charge in [0.2, 0.25) is 0 Å². The van der Waals surface area contributed by atoms with Crippen molar-refractivity contribution in [3.63, 3.8) is 0 Å². The zero-order valence-corrected chi connectivity index (χ0v) is 7.99. The van der Waals surface area contributed by atoms with Crippen LogP contribution in [0.5, 0.6) is 0 Å². The van der Waals surface area contributed by atoms with E-state index in [0.29, 0.717) is 0 Å². The SMILES string of the molecule is [B]C(C)(CC)C(C)(C)CC. The van der Waals surface area contributed by atoms with Gasteiger partial charge in [-0.3, -0.25) is 0 Å². The van der Waals surface area contributed by atoms with Crippen molar-refractivity contribution in [3.05, 3.63) is 0 Å². The van der Waals surface area contributed by atoms with Crippen LogP contribution in [-0.4, -0.2) is 7.85 Å². The molecule has 2 radical (unpaired) electrons. The Labute approximate surface area is 66.8 Å². The monoisotopic (exact) mass is 138 g/mol. The first-order chi connectivity index (χ1) is 4.37. The number of hydrogen-bond donors (Lipinski definition) is 0. The van der Waals surface area contributed by atoms with Gasteiger partial charge in [-0.25, -0.2) is 0 Å². The standard InChI is InChI=1S/C9H19B/c1-6-8(3,4)9(5,10)7-2/h6-7H2,1-5H3. The zero-order chi connectivity index (χ0) is 8.41. The molecule has 1 atom stereocenters. The third kappa shape index (κ3) is 1.77. The van der Waals surface area contributed by atoms with E-state index < -0.39 is 0 Å². The first-order valence-electron chi connectivity index (χ1n) is 4.16. The molecule has 0 aliphatic carbocycles. The van der Waals surface area contributed by atoms with Gasteiger partial charge in [0.15, 0.2) is 0 Å². The molecule has 0 heterocycles. The molecule has 0 nitrogen and oxygen atoms in total. The lowest BCUT2D eigenvalue weighted by atomic mass is 9.52. The van der Waals surface area contributed by atoms with Gasteiger partial charge in [0.05, 0.1) is 7.85 Å². The van der Waals surface area contributed by atoms with E-state index in [-0.39, 0.29) is 10.7 Å². The number of rotatable bonds is 3. The van der Waals surface area contributed by atoms with E-state index in [2.05, 4.69) is 34.6 Å². The summed E-state index contributed by atoms with van der Waals surface area (Å²) in [5.74, 6) is 0. The minimum absolute atomic E-state index is 0.0122. The summed E-state index contributed by atoms with van der Waals surface area (Å²) in [4.78, 5) is 0. The van der Waals surface area contributed by atoms with Gasteiger partial charge in [-0.05, 0) is 5.41 Å². The molecule has 0 fully saturated rings. The average Bonchev–Trinajstić information content (AvgIpc) is 1.88. The van der Waals surface area contributed by atoms with Crippen LogP contribution in [0, 0.1) is 5.41 Å². The highest BCUT2D eigenvalue weighted by molar-refractivity contribution is 6.15. The second-order valence-corrected chi connectivity index (χ2v) is 4.01. The Morgan fingerprint density at radius 1 is 1.00 bits per heavy atom. The molecule has 10 heavy (non-hydrogen) atoms. The van der Waals surface area contributed by atoms with E-state index in [1.807, 2.05) is 0 Å². The molecule has 1 unspecified atom stereocenters. The van der Waals surface area contributed by atoms with Gasteiger partial charge in [-0.1, -0.05) is 52.8 Å². The lowest BCUT2D eigenvalue weighted by Gasteiger charge is -2.41. The van der Waals surface area contributed by atoms with Crippen LogP contribution in [0.3, 0.4) is 0 Å². The molecule has 58 valence electrons. The van der Waals surface area contributed by atoms with Crippen LogP contribution in [0.2, 0.25) is 5.31 Å². The second kappa shape index (κ2) is 2.98. The van der Waals surface area contributed by atoms with Crippen LogP contribution < -0.4 is 0 Å². The topological polar surface area (TPSA) is 0 Å². The fraction of sp³-hybridized carbons (Fsp3) is 1.00. The highest BCUT2D eigenvalue weighted by atomic mass is 14.3. The molecule has 0 saturated carbocycles. The summed E-state index contributed by atoms with van der Waals surface area (Å²) in [5.41, 5.74) is 0.266. The summed E-state index contributed by atoms with van der Waals surface area (Å²) in [7, 11) is 6.10. The van der Waals surface area contributed by atoms with Gasteiger partial charge in [-0.2, -0.15) is 0 Å². The molecular formula is C9H19B. The molecule has 1 heteroatoms. The maximum absolute atomic E-state index is 6.10. The summed E-state index contributed by atoms with van der Waals surface area (Å²) in [5, 5.41) is -0.0122. The molecule has 0 aromatic carbocycles. The van der Waals surface area contributed by atoms with Crippen LogP contribution in [0.1, 0.15) is 47.5 Å². The first kappa shape index (κ1) is 10.1. The van der Waals surface area contributed by atoms with E-state index >= 15 is 0 Å². The average molecular weight is 138 g/mol. The zero-order valence-electron chi connectivity index (χ0n) is 7.99. The van der Waals surface area contributed by atoms with Crippen LogP contribution in [0.15, 0.2) is 0 Å². The summed E-state index contributed by atoms with van der Waals surface area (Å²) >= 11 is 0. The fourth-order valence-corrected chi connectivity index (χ4v) is 0.882. The van der Waals surface area contributed by atoms with Gasteiger partial charge in [-0.15, -0.1) is 0 Å². The molecular weight excluding hydrogens is 119 g/mol. The summed E-state index contributed by atoms with van der Waals surface area (Å²) in [6, 6.07) is 0. The van der Waals surface area contributed by atoms with Crippen molar-refractivity contribution in [2.75, 3.05) is 0 Å². The Bertz CT molecular complexity index is 89.3. The normalized spacial score (nSPS) is 18.5. The maximum Gasteiger partial charge on any atom is 0.0749 e. The van der Waals surface area contributed by atoms with Crippen LogP contribution >= 0.6 is 0 Å². The number of hydrogen-bond acceptors (Lipinski definition) is 0. The van der Waals surface area contributed by atoms with Gasteiger partial charge in [0.25, 0.3) is 0 Å². The third-order valence-corrected chi connectivity index (χ3v) is 3.16. The van der Waals surface area contributed by atoms with Gasteiger partial charge in [0, 0.05) is 0 Å². The minimum Gasteiger partial charge on any atom is -0.0671 e. The Morgan fingerprint density at radius 2 is 1.40 bits per heavy atom.